The number of imidazole rings is 1. The maximum absolute atomic E-state index is 12.4. The molecule has 0 aliphatic carbocycles. The molecule has 1 aliphatic rings. The van der Waals surface area contributed by atoms with Crippen molar-refractivity contribution in [1.82, 2.24) is 24.4 Å². The first-order valence-corrected chi connectivity index (χ1v) is 15.6. The lowest BCUT2D eigenvalue weighted by Crippen LogP contribution is -2.45. The van der Waals surface area contributed by atoms with Crippen molar-refractivity contribution >= 4 is 34.4 Å². The molecule has 0 atom stereocenters. The zero-order valence-electron chi connectivity index (χ0n) is 26.4. The summed E-state index contributed by atoms with van der Waals surface area (Å²) in [5, 5.41) is 0. The number of piperidine rings is 1. The van der Waals surface area contributed by atoms with Crippen molar-refractivity contribution in [1.29, 1.82) is 0 Å². The molecule has 1 aliphatic heterocycles. The number of methoxy groups -OCH3 is 1. The highest BCUT2D eigenvalue weighted by molar-refractivity contribution is 6.61. The lowest BCUT2D eigenvalue weighted by atomic mass is 10.0. The van der Waals surface area contributed by atoms with Crippen molar-refractivity contribution in [3.8, 4) is 28.3 Å². The highest BCUT2D eigenvalue weighted by atomic mass is 16.5. The third-order valence-corrected chi connectivity index (χ3v) is 8.56. The molecule has 47 heavy (non-hydrogen) atoms. The van der Waals surface area contributed by atoms with Gasteiger partial charge in [0.1, 0.15) is 17.9 Å². The van der Waals surface area contributed by atoms with Crippen LogP contribution in [0, 0.1) is 0 Å². The predicted octanol–water partition coefficient (Wildman–Crippen LogP) is 5.57. The number of pyridine rings is 2. The summed E-state index contributed by atoms with van der Waals surface area (Å²) in [5.41, 5.74) is 12.6. The number of nitrogens with zero attached hydrogens (tertiary/aromatic N) is 6. The van der Waals surface area contributed by atoms with Gasteiger partial charge in [0.25, 0.3) is 0 Å². The Balaban J connectivity index is 0.00000433. The van der Waals surface area contributed by atoms with Gasteiger partial charge in [0.05, 0.1) is 18.4 Å². The standard InChI is InChI=1S/C36H37N7O3.CH4/c1-4-42(36(46-3)32(45)24(2)44)27-18-21-41(22-19-27)23-25-12-14-28(15-13-25)43-34(29-11-8-20-38-33(29)37)40-31-17-16-30(39-35(31)43)26-9-6-5-7-10-26;/h5-17,20,27,37H,4,18-19,21-23H2,1-3H3;1H4/p+1. The first-order chi connectivity index (χ1) is 22.4. The van der Waals surface area contributed by atoms with Crippen LogP contribution in [-0.4, -0.2) is 79.2 Å². The minimum absolute atomic E-state index is 0. The Morgan fingerprint density at radius 1 is 0.957 bits per heavy atom. The monoisotopic (exact) mass is 632 g/mol. The Bertz CT molecular complexity index is 1910. The van der Waals surface area contributed by atoms with Crippen molar-refractivity contribution in [2.75, 3.05) is 32.5 Å². The molecule has 0 amide bonds. The number of likely N-dealkylation sites (tertiary alicyclic amines) is 1. The highest BCUT2D eigenvalue weighted by Gasteiger charge is 2.34. The van der Waals surface area contributed by atoms with Gasteiger partial charge in [-0.05, 0) is 48.9 Å². The van der Waals surface area contributed by atoms with Gasteiger partial charge in [0.2, 0.25) is 5.78 Å². The van der Waals surface area contributed by atoms with Gasteiger partial charge in [-0.3, -0.25) is 19.1 Å². The molecule has 5 aromatic rings. The van der Waals surface area contributed by atoms with Crippen LogP contribution < -0.4 is 5.73 Å². The van der Waals surface area contributed by atoms with Crippen LogP contribution in [0.3, 0.4) is 0 Å². The predicted molar refractivity (Wildman–Crippen MR) is 185 cm³/mol. The maximum Gasteiger partial charge on any atom is 0.415 e. The van der Waals surface area contributed by atoms with Crippen LogP contribution >= 0.6 is 0 Å². The zero-order chi connectivity index (χ0) is 32.2. The normalized spacial score (nSPS) is 14.4. The van der Waals surface area contributed by atoms with Gasteiger partial charge in [-0.15, -0.1) is 0 Å². The summed E-state index contributed by atoms with van der Waals surface area (Å²) in [6.45, 7) is 6.41. The Kier molecular flexibility index (Phi) is 10.2. The number of nitrogens with two attached hydrogens (primary N) is 1. The van der Waals surface area contributed by atoms with E-state index < -0.39 is 11.6 Å². The third-order valence-electron chi connectivity index (χ3n) is 8.56. The molecular formula is C37H42N7O3+. The number of nitrogen functional groups attached to an aromatic ring is 1. The van der Waals surface area contributed by atoms with E-state index in [9.17, 15) is 9.59 Å². The molecule has 0 unspecified atom stereocenters. The zero-order valence-corrected chi connectivity index (χ0v) is 26.4. The van der Waals surface area contributed by atoms with E-state index in [1.54, 1.807) is 6.20 Å². The van der Waals surface area contributed by atoms with Crippen LogP contribution in [0.25, 0.3) is 39.5 Å². The fraction of sp³-hybridized carbons (Fsp3) is 0.297. The summed E-state index contributed by atoms with van der Waals surface area (Å²) < 4.78 is 9.37. The second-order valence-electron chi connectivity index (χ2n) is 11.5. The molecular weight excluding hydrogens is 590 g/mol. The van der Waals surface area contributed by atoms with Crippen molar-refractivity contribution in [3.63, 3.8) is 0 Å². The smallest absolute Gasteiger partial charge is 0.415 e. The molecule has 1 fully saturated rings. The van der Waals surface area contributed by atoms with Crippen molar-refractivity contribution in [2.45, 2.75) is 46.7 Å². The van der Waals surface area contributed by atoms with Crippen LogP contribution in [0.2, 0.25) is 0 Å². The molecule has 6 rings (SSSR count). The number of fused-ring (bicyclic) bond motifs is 1. The van der Waals surface area contributed by atoms with E-state index >= 15 is 0 Å². The van der Waals surface area contributed by atoms with E-state index in [1.165, 1.54) is 19.6 Å². The minimum Gasteiger partial charge on any atom is -0.445 e. The number of hydrogen-bond acceptors (Lipinski definition) is 8. The Morgan fingerprint density at radius 2 is 1.68 bits per heavy atom. The summed E-state index contributed by atoms with van der Waals surface area (Å²) in [5.74, 6) is 0.157. The van der Waals surface area contributed by atoms with Crippen molar-refractivity contribution < 1.29 is 18.9 Å². The fourth-order valence-electron chi connectivity index (χ4n) is 6.22. The molecule has 242 valence electrons. The van der Waals surface area contributed by atoms with Crippen LogP contribution in [0.15, 0.2) is 85.1 Å². The Morgan fingerprint density at radius 3 is 2.32 bits per heavy atom. The molecule has 0 spiro atoms. The van der Waals surface area contributed by atoms with E-state index in [1.807, 2.05) is 66.1 Å². The van der Waals surface area contributed by atoms with Crippen LogP contribution in [-0.2, 0) is 20.9 Å². The summed E-state index contributed by atoms with van der Waals surface area (Å²) >= 11 is 0. The van der Waals surface area contributed by atoms with Crippen molar-refractivity contribution in [2.24, 2.45) is 0 Å². The second-order valence-corrected chi connectivity index (χ2v) is 11.5. The molecule has 2 N–H and O–H groups in total. The topological polar surface area (TPSA) is 119 Å². The number of carbonyl (C=O) groups is 2. The second kappa shape index (κ2) is 14.5. The number of rotatable bonds is 9. The average molecular weight is 633 g/mol. The first kappa shape index (κ1) is 33.2. The molecule has 0 radical (unpaired) electrons. The SMILES string of the molecule is C.CC[N+](=C(OC)C(=O)C(C)=O)C1CCN(Cc2ccc(-n3c(-c4cccnc4N)nc4ccc(-c5ccccc5)nc43)cc2)CC1. The highest BCUT2D eigenvalue weighted by Crippen LogP contribution is 2.32. The largest absolute Gasteiger partial charge is 0.445 e. The average Bonchev–Trinajstić information content (AvgIpc) is 3.47. The molecule has 3 aromatic heterocycles. The van der Waals surface area contributed by atoms with E-state index in [-0.39, 0.29) is 19.4 Å². The number of ether oxygens (including phenoxy) is 1. The van der Waals surface area contributed by atoms with Gasteiger partial charge in [0, 0.05) is 56.8 Å². The van der Waals surface area contributed by atoms with Gasteiger partial charge in [0.15, 0.2) is 17.5 Å². The lowest BCUT2D eigenvalue weighted by Gasteiger charge is -2.30. The van der Waals surface area contributed by atoms with Crippen LogP contribution in [0.4, 0.5) is 5.82 Å². The third kappa shape index (κ3) is 6.83. The first-order valence-electron chi connectivity index (χ1n) is 15.6. The lowest BCUT2D eigenvalue weighted by molar-refractivity contribution is -0.572. The maximum atomic E-state index is 12.4. The summed E-state index contributed by atoms with van der Waals surface area (Å²) in [6, 6.07) is 26.5. The van der Waals surface area contributed by atoms with E-state index in [0.717, 1.165) is 66.1 Å². The van der Waals surface area contributed by atoms with Crippen molar-refractivity contribution in [3.05, 3.63) is 90.6 Å². The molecule has 0 saturated carbocycles. The molecule has 2 aromatic carbocycles. The fourth-order valence-corrected chi connectivity index (χ4v) is 6.22. The van der Waals surface area contributed by atoms with E-state index in [4.69, 9.17) is 20.4 Å². The summed E-state index contributed by atoms with van der Waals surface area (Å²) in [4.78, 5) is 40.9. The number of anilines is 1. The van der Waals surface area contributed by atoms with Gasteiger partial charge in [-0.1, -0.05) is 49.9 Å². The summed E-state index contributed by atoms with van der Waals surface area (Å²) in [7, 11) is 1.46. The van der Waals surface area contributed by atoms with E-state index in [2.05, 4.69) is 38.7 Å². The Labute approximate surface area is 275 Å². The molecule has 10 nitrogen and oxygen atoms in total. The number of carbonyl (C=O) groups excluding carboxylic acids is 2. The minimum atomic E-state index is -0.571. The van der Waals surface area contributed by atoms with Gasteiger partial charge < -0.3 is 10.5 Å². The molecule has 0 bridgehead atoms. The Hall–Kier alpha value is -5.22. The van der Waals surface area contributed by atoms with Gasteiger partial charge >= 0.3 is 11.7 Å². The van der Waals surface area contributed by atoms with Gasteiger partial charge in [-0.2, -0.15) is 4.58 Å². The molecule has 10 heteroatoms. The number of aromatic nitrogens is 4. The molecule has 4 heterocycles. The van der Waals surface area contributed by atoms with Gasteiger partial charge in [-0.25, -0.2) is 15.0 Å². The van der Waals surface area contributed by atoms with Crippen LogP contribution in [0.5, 0.6) is 0 Å². The number of hydrogen-bond donors (Lipinski definition) is 1. The number of Topliss-reactive ketones (excluding diaryl/α,β-unsaturated/α-hetero) is 2. The number of ketones is 2. The van der Waals surface area contributed by atoms with E-state index in [0.29, 0.717) is 18.2 Å². The quantitative estimate of drug-likeness (QED) is 0.0970. The van der Waals surface area contributed by atoms with Crippen LogP contribution in [0.1, 0.15) is 39.7 Å². The number of benzene rings is 2. The summed E-state index contributed by atoms with van der Waals surface area (Å²) in [6.07, 6.45) is 3.42. The molecule has 1 saturated heterocycles.